The fourth-order valence-corrected chi connectivity index (χ4v) is 1.99. The average molecular weight is 296 g/mol. The van der Waals surface area contributed by atoms with Gasteiger partial charge in [0.1, 0.15) is 0 Å². The van der Waals surface area contributed by atoms with Crippen LogP contribution < -0.4 is 10.6 Å². The van der Waals surface area contributed by atoms with Crippen molar-refractivity contribution in [2.75, 3.05) is 25.2 Å². The van der Waals surface area contributed by atoms with Gasteiger partial charge in [-0.25, -0.2) is 0 Å². The standard InChI is InChI=1S/C13H20N4O4/c1-9(2)16(6-7-21-3)12-5-4-10(17(19)20)8-11(12)13(14)15-18/h4-5,8-9,18H,6-7H2,1-3H3,(H2,14,15). The summed E-state index contributed by atoms with van der Waals surface area (Å²) in [5.74, 6) is -0.170. The SMILES string of the molecule is COCCN(c1ccc([N+](=O)[O-])cc1/C(N)=N/O)C(C)C. The summed E-state index contributed by atoms with van der Waals surface area (Å²) < 4.78 is 5.07. The number of nitro benzene ring substituents is 1. The van der Waals surface area contributed by atoms with E-state index in [-0.39, 0.29) is 17.6 Å². The van der Waals surface area contributed by atoms with Crippen LogP contribution in [0, 0.1) is 10.1 Å². The molecule has 0 bridgehead atoms. The lowest BCUT2D eigenvalue weighted by atomic mass is 10.1. The molecule has 0 aliphatic carbocycles. The maximum atomic E-state index is 10.9. The lowest BCUT2D eigenvalue weighted by Crippen LogP contribution is -2.35. The highest BCUT2D eigenvalue weighted by Gasteiger charge is 2.20. The lowest BCUT2D eigenvalue weighted by Gasteiger charge is -2.30. The van der Waals surface area contributed by atoms with E-state index in [1.165, 1.54) is 12.1 Å². The zero-order valence-corrected chi connectivity index (χ0v) is 12.3. The van der Waals surface area contributed by atoms with E-state index in [0.29, 0.717) is 24.4 Å². The Morgan fingerprint density at radius 3 is 2.71 bits per heavy atom. The number of nitro groups is 1. The van der Waals surface area contributed by atoms with Gasteiger partial charge in [-0.15, -0.1) is 0 Å². The van der Waals surface area contributed by atoms with Crippen molar-refractivity contribution in [3.63, 3.8) is 0 Å². The Labute approximate surface area is 122 Å². The molecular weight excluding hydrogens is 276 g/mol. The van der Waals surface area contributed by atoms with Gasteiger partial charge in [0.2, 0.25) is 0 Å². The topological polar surface area (TPSA) is 114 Å². The van der Waals surface area contributed by atoms with Gasteiger partial charge in [-0.2, -0.15) is 0 Å². The number of benzene rings is 1. The van der Waals surface area contributed by atoms with Crippen molar-refractivity contribution in [2.24, 2.45) is 10.9 Å². The number of nitrogens with zero attached hydrogens (tertiary/aromatic N) is 3. The minimum atomic E-state index is -0.521. The number of nitrogens with two attached hydrogens (primary N) is 1. The minimum Gasteiger partial charge on any atom is -0.409 e. The van der Waals surface area contributed by atoms with Crippen LogP contribution >= 0.6 is 0 Å². The molecule has 0 atom stereocenters. The Bertz CT molecular complexity index is 531. The van der Waals surface area contributed by atoms with Crippen LogP contribution in [0.15, 0.2) is 23.4 Å². The second-order valence-electron chi connectivity index (χ2n) is 4.72. The average Bonchev–Trinajstić information content (AvgIpc) is 2.46. The molecule has 21 heavy (non-hydrogen) atoms. The third-order valence-corrected chi connectivity index (χ3v) is 3.04. The van der Waals surface area contributed by atoms with Crippen molar-refractivity contribution in [2.45, 2.75) is 19.9 Å². The molecule has 0 aromatic heterocycles. The van der Waals surface area contributed by atoms with Crippen molar-refractivity contribution in [1.29, 1.82) is 0 Å². The van der Waals surface area contributed by atoms with Crippen LogP contribution in [0.25, 0.3) is 0 Å². The number of rotatable bonds is 7. The molecule has 8 heteroatoms. The number of non-ortho nitro benzene ring substituents is 1. The number of hydrogen-bond donors (Lipinski definition) is 2. The normalized spacial score (nSPS) is 11.7. The summed E-state index contributed by atoms with van der Waals surface area (Å²) in [6.07, 6.45) is 0. The molecule has 0 aliphatic heterocycles. The molecule has 0 radical (unpaired) electrons. The Morgan fingerprint density at radius 2 is 2.24 bits per heavy atom. The minimum absolute atomic E-state index is 0.115. The Balaban J connectivity index is 3.34. The molecule has 3 N–H and O–H groups in total. The zero-order valence-electron chi connectivity index (χ0n) is 12.3. The Hall–Kier alpha value is -2.35. The second-order valence-corrected chi connectivity index (χ2v) is 4.72. The van der Waals surface area contributed by atoms with E-state index in [9.17, 15) is 10.1 Å². The summed E-state index contributed by atoms with van der Waals surface area (Å²) in [7, 11) is 1.60. The molecule has 0 unspecified atom stereocenters. The van der Waals surface area contributed by atoms with E-state index in [0.717, 1.165) is 0 Å². The summed E-state index contributed by atoms with van der Waals surface area (Å²) in [5, 5.41) is 22.7. The van der Waals surface area contributed by atoms with E-state index in [4.69, 9.17) is 15.7 Å². The zero-order chi connectivity index (χ0) is 16.0. The van der Waals surface area contributed by atoms with Crippen LogP contribution in [0.1, 0.15) is 19.4 Å². The van der Waals surface area contributed by atoms with Crippen LogP contribution in [-0.2, 0) is 4.74 Å². The number of methoxy groups -OCH3 is 1. The summed E-state index contributed by atoms with van der Waals surface area (Å²) in [6, 6.07) is 4.41. The smallest absolute Gasteiger partial charge is 0.270 e. The van der Waals surface area contributed by atoms with Crippen molar-refractivity contribution < 1.29 is 14.9 Å². The first-order valence-corrected chi connectivity index (χ1v) is 6.44. The van der Waals surface area contributed by atoms with Crippen molar-refractivity contribution in [3.8, 4) is 0 Å². The fraction of sp³-hybridized carbons (Fsp3) is 0.462. The number of anilines is 1. The van der Waals surface area contributed by atoms with Crippen molar-refractivity contribution in [3.05, 3.63) is 33.9 Å². The number of ether oxygens (including phenoxy) is 1. The summed E-state index contributed by atoms with van der Waals surface area (Å²) in [4.78, 5) is 12.3. The number of hydrogen-bond acceptors (Lipinski definition) is 6. The van der Waals surface area contributed by atoms with E-state index < -0.39 is 4.92 Å². The third-order valence-electron chi connectivity index (χ3n) is 3.04. The van der Waals surface area contributed by atoms with Crippen LogP contribution in [0.4, 0.5) is 11.4 Å². The van der Waals surface area contributed by atoms with Gasteiger partial charge in [0.05, 0.1) is 17.1 Å². The monoisotopic (exact) mass is 296 g/mol. The van der Waals surface area contributed by atoms with Crippen LogP contribution in [0.5, 0.6) is 0 Å². The van der Waals surface area contributed by atoms with E-state index >= 15 is 0 Å². The van der Waals surface area contributed by atoms with E-state index in [1.54, 1.807) is 13.2 Å². The molecule has 116 valence electrons. The Kier molecular flexibility index (Phi) is 5.92. The van der Waals surface area contributed by atoms with Gasteiger partial charge in [0, 0.05) is 37.5 Å². The Morgan fingerprint density at radius 1 is 1.57 bits per heavy atom. The maximum absolute atomic E-state index is 10.9. The van der Waals surface area contributed by atoms with Crippen molar-refractivity contribution >= 4 is 17.2 Å². The van der Waals surface area contributed by atoms with Gasteiger partial charge in [-0.1, -0.05) is 5.16 Å². The molecule has 0 saturated heterocycles. The molecule has 0 aliphatic rings. The highest BCUT2D eigenvalue weighted by Crippen LogP contribution is 2.27. The molecule has 0 saturated carbocycles. The molecule has 0 spiro atoms. The molecule has 1 aromatic rings. The number of amidine groups is 1. The summed E-state index contributed by atoms with van der Waals surface area (Å²) >= 11 is 0. The van der Waals surface area contributed by atoms with Gasteiger partial charge >= 0.3 is 0 Å². The fourth-order valence-electron chi connectivity index (χ4n) is 1.99. The quantitative estimate of drug-likeness (QED) is 0.259. The predicted molar refractivity (Wildman–Crippen MR) is 80.0 cm³/mol. The summed E-state index contributed by atoms with van der Waals surface area (Å²) in [6.45, 7) is 5.03. The van der Waals surface area contributed by atoms with Crippen LogP contribution in [0.2, 0.25) is 0 Å². The lowest BCUT2D eigenvalue weighted by molar-refractivity contribution is -0.384. The van der Waals surface area contributed by atoms with Gasteiger partial charge in [-0.3, -0.25) is 10.1 Å². The first-order chi connectivity index (χ1) is 9.92. The summed E-state index contributed by atoms with van der Waals surface area (Å²) in [5.41, 5.74) is 6.51. The first kappa shape index (κ1) is 16.7. The molecule has 8 nitrogen and oxygen atoms in total. The van der Waals surface area contributed by atoms with Crippen LogP contribution in [-0.4, -0.2) is 42.3 Å². The van der Waals surface area contributed by atoms with E-state index in [2.05, 4.69) is 5.16 Å². The molecule has 1 rings (SSSR count). The first-order valence-electron chi connectivity index (χ1n) is 6.44. The largest absolute Gasteiger partial charge is 0.409 e. The maximum Gasteiger partial charge on any atom is 0.270 e. The van der Waals surface area contributed by atoms with Gasteiger partial charge in [0.25, 0.3) is 5.69 Å². The third kappa shape index (κ3) is 4.06. The highest BCUT2D eigenvalue weighted by molar-refractivity contribution is 6.02. The highest BCUT2D eigenvalue weighted by atomic mass is 16.6. The second kappa shape index (κ2) is 7.44. The van der Waals surface area contributed by atoms with Gasteiger partial charge in [-0.05, 0) is 19.9 Å². The molecular formula is C13H20N4O4. The van der Waals surface area contributed by atoms with E-state index in [1.807, 2.05) is 18.7 Å². The van der Waals surface area contributed by atoms with Crippen molar-refractivity contribution in [1.82, 2.24) is 0 Å². The van der Waals surface area contributed by atoms with Gasteiger partial charge < -0.3 is 20.6 Å². The predicted octanol–water partition coefficient (Wildman–Crippen LogP) is 1.55. The van der Waals surface area contributed by atoms with Gasteiger partial charge in [0.15, 0.2) is 5.84 Å². The molecule has 0 heterocycles. The molecule has 0 amide bonds. The van der Waals surface area contributed by atoms with Crippen LogP contribution in [0.3, 0.4) is 0 Å². The molecule has 0 fully saturated rings. The molecule has 1 aromatic carbocycles. The number of oxime groups is 1.